The number of benzene rings is 1. The maximum Gasteiger partial charge on any atom is 0.0870 e. The molecule has 2 unspecified atom stereocenters. The minimum absolute atomic E-state index is 0.337. The third-order valence-electron chi connectivity index (χ3n) is 2.67. The van der Waals surface area contributed by atoms with E-state index < -0.39 is 5.92 Å². The second kappa shape index (κ2) is 7.04. The van der Waals surface area contributed by atoms with Crippen molar-refractivity contribution in [3.05, 3.63) is 35.9 Å². The molecule has 2 atom stereocenters. The average Bonchev–Trinajstić information content (AvgIpc) is 2.39. The maximum absolute atomic E-state index is 9.17. The summed E-state index contributed by atoms with van der Waals surface area (Å²) in [6, 6.07) is 15.8. The molecule has 0 aliphatic rings. The fourth-order valence-corrected chi connectivity index (χ4v) is 1.76. The predicted octanol–water partition coefficient (Wildman–Crippen LogP) is 3.13. The largest absolute Gasteiger partial charge is 0.198 e. The highest BCUT2D eigenvalue weighted by molar-refractivity contribution is 5.27. The first-order valence-corrected chi connectivity index (χ1v) is 5.54. The highest BCUT2D eigenvalue weighted by Gasteiger charge is 2.22. The van der Waals surface area contributed by atoms with Gasteiger partial charge in [0.1, 0.15) is 0 Å². The van der Waals surface area contributed by atoms with Crippen molar-refractivity contribution in [3.8, 4) is 18.2 Å². The molecule has 0 amide bonds. The summed E-state index contributed by atoms with van der Waals surface area (Å²) in [4.78, 5) is 0. The second-order valence-electron chi connectivity index (χ2n) is 3.80. The lowest BCUT2D eigenvalue weighted by Gasteiger charge is -2.14. The molecular formula is C14H13N3. The van der Waals surface area contributed by atoms with Crippen LogP contribution in [0.3, 0.4) is 0 Å². The number of hydrogen-bond donors (Lipinski definition) is 0. The van der Waals surface area contributed by atoms with Gasteiger partial charge in [-0.25, -0.2) is 0 Å². The Hall–Kier alpha value is -2.31. The zero-order valence-corrected chi connectivity index (χ0v) is 9.50. The number of unbranched alkanes of at least 4 members (excludes halogenated alkanes) is 1. The van der Waals surface area contributed by atoms with Gasteiger partial charge in [-0.15, -0.1) is 0 Å². The average molecular weight is 223 g/mol. The Labute approximate surface area is 102 Å². The van der Waals surface area contributed by atoms with Crippen LogP contribution in [0.15, 0.2) is 30.3 Å². The van der Waals surface area contributed by atoms with E-state index in [-0.39, 0.29) is 5.92 Å². The fraction of sp³-hybridized carbons (Fsp3) is 0.357. The molecule has 3 heteroatoms. The van der Waals surface area contributed by atoms with Gasteiger partial charge in [0.2, 0.25) is 0 Å². The van der Waals surface area contributed by atoms with Crippen LogP contribution in [0.1, 0.15) is 30.7 Å². The van der Waals surface area contributed by atoms with Crippen LogP contribution in [0.5, 0.6) is 0 Å². The molecule has 0 saturated heterocycles. The highest BCUT2D eigenvalue weighted by atomic mass is 14.4. The lowest BCUT2D eigenvalue weighted by molar-refractivity contribution is 0.536. The molecule has 0 aliphatic heterocycles. The highest BCUT2D eigenvalue weighted by Crippen LogP contribution is 2.27. The molecule has 0 heterocycles. The van der Waals surface area contributed by atoms with Crippen LogP contribution in [0, 0.1) is 39.9 Å². The van der Waals surface area contributed by atoms with Gasteiger partial charge >= 0.3 is 0 Å². The number of nitrogens with zero attached hydrogens (tertiary/aromatic N) is 3. The van der Waals surface area contributed by atoms with E-state index in [0.717, 1.165) is 5.56 Å². The topological polar surface area (TPSA) is 71.4 Å². The van der Waals surface area contributed by atoms with Gasteiger partial charge in [0.15, 0.2) is 0 Å². The van der Waals surface area contributed by atoms with Crippen LogP contribution in [-0.2, 0) is 0 Å². The van der Waals surface area contributed by atoms with Gasteiger partial charge in [-0.3, -0.25) is 0 Å². The first kappa shape index (κ1) is 12.8. The molecule has 3 nitrogen and oxygen atoms in total. The lowest BCUT2D eigenvalue weighted by atomic mass is 9.85. The molecule has 1 aromatic rings. The van der Waals surface area contributed by atoms with Crippen molar-refractivity contribution in [2.75, 3.05) is 0 Å². The molecule has 0 aromatic heterocycles. The molecule has 0 bridgehead atoms. The van der Waals surface area contributed by atoms with Crippen molar-refractivity contribution in [1.82, 2.24) is 0 Å². The Morgan fingerprint density at radius 1 is 1.00 bits per heavy atom. The van der Waals surface area contributed by atoms with Crippen molar-refractivity contribution in [1.29, 1.82) is 15.8 Å². The third-order valence-corrected chi connectivity index (χ3v) is 2.67. The molecule has 0 aliphatic carbocycles. The minimum atomic E-state index is -0.403. The van der Waals surface area contributed by atoms with Crippen LogP contribution < -0.4 is 0 Å². The molecule has 1 aromatic carbocycles. The summed E-state index contributed by atoms with van der Waals surface area (Å²) in [5.74, 6) is -0.740. The van der Waals surface area contributed by atoms with Gasteiger partial charge in [-0.2, -0.15) is 15.8 Å². The fourth-order valence-electron chi connectivity index (χ4n) is 1.76. The molecule has 0 N–H and O–H groups in total. The Morgan fingerprint density at radius 2 is 1.71 bits per heavy atom. The molecule has 1 rings (SSSR count). The SMILES string of the molecule is N#CCCCC(C#N)C(C#N)c1ccccc1. The molecule has 84 valence electrons. The maximum atomic E-state index is 9.17. The van der Waals surface area contributed by atoms with E-state index in [2.05, 4.69) is 18.2 Å². The van der Waals surface area contributed by atoms with Crippen LogP contribution in [0.2, 0.25) is 0 Å². The summed E-state index contributed by atoms with van der Waals surface area (Å²) < 4.78 is 0. The Bertz CT molecular complexity index is 459. The monoisotopic (exact) mass is 223 g/mol. The number of hydrogen-bond acceptors (Lipinski definition) is 3. The summed E-state index contributed by atoms with van der Waals surface area (Å²) in [6.45, 7) is 0. The molecule has 0 spiro atoms. The van der Waals surface area contributed by atoms with Crippen molar-refractivity contribution in [3.63, 3.8) is 0 Å². The molecule has 17 heavy (non-hydrogen) atoms. The van der Waals surface area contributed by atoms with E-state index in [0.29, 0.717) is 19.3 Å². The van der Waals surface area contributed by atoms with E-state index in [1.165, 1.54) is 0 Å². The van der Waals surface area contributed by atoms with Crippen LogP contribution in [0.25, 0.3) is 0 Å². The first-order chi connectivity index (χ1) is 8.33. The minimum Gasteiger partial charge on any atom is -0.198 e. The molecule has 0 fully saturated rings. The first-order valence-electron chi connectivity index (χ1n) is 5.54. The zero-order valence-electron chi connectivity index (χ0n) is 9.50. The van der Waals surface area contributed by atoms with E-state index in [1.54, 1.807) is 0 Å². The quantitative estimate of drug-likeness (QED) is 0.720. The van der Waals surface area contributed by atoms with Gasteiger partial charge in [0, 0.05) is 6.42 Å². The van der Waals surface area contributed by atoms with E-state index in [1.807, 2.05) is 30.3 Å². The number of rotatable bonds is 5. The van der Waals surface area contributed by atoms with Crippen LogP contribution >= 0.6 is 0 Å². The van der Waals surface area contributed by atoms with Crippen molar-refractivity contribution in [2.45, 2.75) is 25.2 Å². The Kier molecular flexibility index (Phi) is 5.29. The summed E-state index contributed by atoms with van der Waals surface area (Å²) in [6.07, 6.45) is 1.70. The van der Waals surface area contributed by atoms with E-state index in [4.69, 9.17) is 10.5 Å². The summed E-state index contributed by atoms with van der Waals surface area (Å²) in [5.41, 5.74) is 0.874. The number of nitriles is 3. The van der Waals surface area contributed by atoms with Crippen molar-refractivity contribution < 1.29 is 0 Å². The van der Waals surface area contributed by atoms with Crippen molar-refractivity contribution in [2.24, 2.45) is 5.92 Å². The third kappa shape index (κ3) is 3.63. The summed E-state index contributed by atoms with van der Waals surface area (Å²) in [7, 11) is 0. The Morgan fingerprint density at radius 3 is 2.24 bits per heavy atom. The normalized spacial score (nSPS) is 12.8. The molecular weight excluding hydrogens is 210 g/mol. The standard InChI is InChI=1S/C14H13N3/c15-9-5-4-8-13(10-16)14(11-17)12-6-2-1-3-7-12/h1-3,6-7,13-14H,4-5,8H2. The predicted molar refractivity (Wildman–Crippen MR) is 63.4 cm³/mol. The zero-order chi connectivity index (χ0) is 12.5. The Balaban J connectivity index is 2.76. The lowest BCUT2D eigenvalue weighted by Crippen LogP contribution is -2.09. The van der Waals surface area contributed by atoms with Crippen LogP contribution in [-0.4, -0.2) is 0 Å². The second-order valence-corrected chi connectivity index (χ2v) is 3.80. The van der Waals surface area contributed by atoms with Gasteiger partial charge in [-0.1, -0.05) is 30.3 Å². The summed E-state index contributed by atoms with van der Waals surface area (Å²) in [5, 5.41) is 26.7. The van der Waals surface area contributed by atoms with Gasteiger partial charge < -0.3 is 0 Å². The van der Waals surface area contributed by atoms with Gasteiger partial charge in [0.05, 0.1) is 30.0 Å². The smallest absolute Gasteiger partial charge is 0.0870 e. The van der Waals surface area contributed by atoms with Gasteiger partial charge in [0.25, 0.3) is 0 Å². The van der Waals surface area contributed by atoms with Crippen LogP contribution in [0.4, 0.5) is 0 Å². The van der Waals surface area contributed by atoms with Crippen molar-refractivity contribution >= 4 is 0 Å². The molecule has 0 saturated carbocycles. The molecule has 0 radical (unpaired) electrons. The van der Waals surface area contributed by atoms with E-state index >= 15 is 0 Å². The van der Waals surface area contributed by atoms with E-state index in [9.17, 15) is 5.26 Å². The van der Waals surface area contributed by atoms with Gasteiger partial charge in [-0.05, 0) is 18.4 Å². The summed E-state index contributed by atoms with van der Waals surface area (Å²) >= 11 is 0.